The van der Waals surface area contributed by atoms with Gasteiger partial charge in [-0.1, -0.05) is 107 Å². The Balaban J connectivity index is 1.59. The molecule has 31 heavy (non-hydrogen) atoms. The number of anilines is 1. The van der Waals surface area contributed by atoms with E-state index in [9.17, 15) is 4.79 Å². The van der Waals surface area contributed by atoms with Gasteiger partial charge < -0.3 is 10.6 Å². The first-order chi connectivity index (χ1) is 14.9. The molecule has 2 N–H and O–H groups in total. The van der Waals surface area contributed by atoms with Gasteiger partial charge in [-0.3, -0.25) is 0 Å². The number of benzene rings is 3. The quantitative estimate of drug-likeness (QED) is 0.458. The minimum atomic E-state index is -0.168. The van der Waals surface area contributed by atoms with Crippen LogP contribution < -0.4 is 10.6 Å². The Morgan fingerprint density at radius 1 is 0.774 bits per heavy atom. The molecule has 1 aliphatic carbocycles. The number of amides is 2. The Morgan fingerprint density at radius 3 is 1.71 bits per heavy atom. The van der Waals surface area contributed by atoms with Gasteiger partial charge in [0, 0.05) is 17.1 Å². The predicted octanol–water partition coefficient (Wildman–Crippen LogP) is 6.81. The van der Waals surface area contributed by atoms with Crippen LogP contribution in [0, 0.1) is 0 Å². The number of para-hydroxylation sites is 1. The summed E-state index contributed by atoms with van der Waals surface area (Å²) in [7, 11) is 0. The first-order valence-corrected chi connectivity index (χ1v) is 11.2. The molecule has 0 radical (unpaired) electrons. The maximum atomic E-state index is 13.1. The smallest absolute Gasteiger partial charge is 0.319 e. The predicted molar refractivity (Wildman–Crippen MR) is 129 cm³/mol. The Morgan fingerprint density at radius 2 is 1.26 bits per heavy atom. The molecule has 0 saturated heterocycles. The van der Waals surface area contributed by atoms with Crippen LogP contribution in [0.3, 0.4) is 0 Å². The van der Waals surface area contributed by atoms with Crippen molar-refractivity contribution in [1.29, 1.82) is 0 Å². The highest BCUT2D eigenvalue weighted by molar-refractivity contribution is 5.92. The molecule has 1 fully saturated rings. The zero-order valence-electron chi connectivity index (χ0n) is 18.9. The molecule has 3 aromatic rings. The summed E-state index contributed by atoms with van der Waals surface area (Å²) in [6.07, 6.45) is 0.900. The maximum absolute atomic E-state index is 13.1. The van der Waals surface area contributed by atoms with Gasteiger partial charge in [-0.25, -0.2) is 4.79 Å². The monoisotopic (exact) mass is 412 g/mol. The largest absolute Gasteiger partial charge is 0.334 e. The standard InChI is InChI=1S/C28H32N2O/c1-19(2)23-16-11-17-24(20(3)4)26(23)30-27(31)29-25-18-28(25,21-12-7-5-8-13-21)22-14-9-6-10-15-22/h5-17,19-20,25H,18H2,1-4H3,(H2,29,30,31). The third-order valence-electron chi connectivity index (χ3n) is 6.46. The van der Waals surface area contributed by atoms with Crippen LogP contribution in [-0.4, -0.2) is 12.1 Å². The van der Waals surface area contributed by atoms with Crippen LogP contribution in [0.5, 0.6) is 0 Å². The van der Waals surface area contributed by atoms with Crippen molar-refractivity contribution in [1.82, 2.24) is 5.32 Å². The van der Waals surface area contributed by atoms with Crippen molar-refractivity contribution in [3.8, 4) is 0 Å². The van der Waals surface area contributed by atoms with Crippen molar-refractivity contribution >= 4 is 11.7 Å². The average Bonchev–Trinajstić information content (AvgIpc) is 3.49. The van der Waals surface area contributed by atoms with E-state index in [0.717, 1.165) is 12.1 Å². The first-order valence-electron chi connectivity index (χ1n) is 11.2. The van der Waals surface area contributed by atoms with E-state index in [0.29, 0.717) is 11.8 Å². The first kappa shape index (κ1) is 21.2. The van der Waals surface area contributed by atoms with Crippen LogP contribution in [0.1, 0.15) is 68.2 Å². The van der Waals surface area contributed by atoms with Gasteiger partial charge in [0.2, 0.25) is 0 Å². The molecule has 1 aliphatic rings. The van der Waals surface area contributed by atoms with Crippen LogP contribution in [0.25, 0.3) is 0 Å². The lowest BCUT2D eigenvalue weighted by atomic mass is 9.87. The van der Waals surface area contributed by atoms with E-state index in [1.807, 2.05) is 12.1 Å². The fourth-order valence-corrected chi connectivity index (χ4v) is 4.72. The normalized spacial score (nSPS) is 16.9. The van der Waals surface area contributed by atoms with Gasteiger partial charge in [0.1, 0.15) is 0 Å². The highest BCUT2D eigenvalue weighted by Crippen LogP contribution is 2.53. The number of carbonyl (C=O) groups is 1. The summed E-state index contributed by atoms with van der Waals surface area (Å²) in [5.74, 6) is 0.672. The fraction of sp³-hybridized carbons (Fsp3) is 0.321. The zero-order valence-corrected chi connectivity index (χ0v) is 18.9. The Bertz CT molecular complexity index is 975. The van der Waals surface area contributed by atoms with Crippen LogP contribution in [0.4, 0.5) is 10.5 Å². The molecule has 0 bridgehead atoms. The summed E-state index contributed by atoms with van der Waals surface area (Å²) in [5, 5.41) is 6.48. The van der Waals surface area contributed by atoms with Crippen molar-refractivity contribution in [2.24, 2.45) is 0 Å². The summed E-state index contributed by atoms with van der Waals surface area (Å²) in [6, 6.07) is 27.3. The van der Waals surface area contributed by atoms with E-state index in [1.165, 1.54) is 22.3 Å². The number of urea groups is 1. The molecule has 0 aromatic heterocycles. The number of hydrogen-bond acceptors (Lipinski definition) is 1. The van der Waals surface area contributed by atoms with E-state index in [-0.39, 0.29) is 17.5 Å². The van der Waals surface area contributed by atoms with E-state index < -0.39 is 0 Å². The molecule has 4 rings (SSSR count). The number of carbonyl (C=O) groups excluding carboxylic acids is 1. The van der Waals surface area contributed by atoms with Gasteiger partial charge in [0.05, 0.1) is 0 Å². The Labute approximate surface area is 185 Å². The third kappa shape index (κ3) is 4.10. The summed E-state index contributed by atoms with van der Waals surface area (Å²) in [4.78, 5) is 13.1. The molecule has 1 saturated carbocycles. The lowest BCUT2D eigenvalue weighted by molar-refractivity contribution is 0.251. The molecular formula is C28H32N2O. The van der Waals surface area contributed by atoms with Crippen LogP contribution >= 0.6 is 0 Å². The van der Waals surface area contributed by atoms with Gasteiger partial charge in [0.15, 0.2) is 0 Å². The third-order valence-corrected chi connectivity index (χ3v) is 6.46. The van der Waals surface area contributed by atoms with E-state index in [2.05, 4.69) is 105 Å². The molecule has 1 atom stereocenters. The molecule has 3 heteroatoms. The second-order valence-electron chi connectivity index (χ2n) is 9.18. The number of hydrogen-bond donors (Lipinski definition) is 2. The maximum Gasteiger partial charge on any atom is 0.319 e. The van der Waals surface area contributed by atoms with Crippen LogP contribution in [0.15, 0.2) is 78.9 Å². The summed E-state index contributed by atoms with van der Waals surface area (Å²) in [5.41, 5.74) is 5.63. The Kier molecular flexibility index (Phi) is 5.86. The zero-order chi connectivity index (χ0) is 22.0. The summed E-state index contributed by atoms with van der Waals surface area (Å²) >= 11 is 0. The molecule has 3 nitrogen and oxygen atoms in total. The summed E-state index contributed by atoms with van der Waals surface area (Å²) in [6.45, 7) is 8.66. The van der Waals surface area contributed by atoms with E-state index in [1.54, 1.807) is 0 Å². The molecule has 0 aliphatic heterocycles. The lowest BCUT2D eigenvalue weighted by Crippen LogP contribution is -2.35. The van der Waals surface area contributed by atoms with Crippen molar-refractivity contribution in [3.05, 3.63) is 101 Å². The Hall–Kier alpha value is -3.07. The second-order valence-corrected chi connectivity index (χ2v) is 9.18. The molecule has 1 unspecified atom stereocenters. The van der Waals surface area contributed by atoms with Gasteiger partial charge in [-0.2, -0.15) is 0 Å². The van der Waals surface area contributed by atoms with Crippen LogP contribution in [-0.2, 0) is 5.41 Å². The van der Waals surface area contributed by atoms with Gasteiger partial charge >= 0.3 is 6.03 Å². The van der Waals surface area contributed by atoms with E-state index in [4.69, 9.17) is 0 Å². The minimum absolute atomic E-state index is 0.0611. The lowest BCUT2D eigenvalue weighted by Gasteiger charge is -2.22. The van der Waals surface area contributed by atoms with Gasteiger partial charge in [-0.05, 0) is 40.5 Å². The molecule has 3 aromatic carbocycles. The number of nitrogens with one attached hydrogen (secondary N) is 2. The average molecular weight is 413 g/mol. The molecular weight excluding hydrogens is 380 g/mol. The SMILES string of the molecule is CC(C)c1cccc(C(C)C)c1NC(=O)NC1CC1(c1ccccc1)c1ccccc1. The highest BCUT2D eigenvalue weighted by atomic mass is 16.2. The van der Waals surface area contributed by atoms with Gasteiger partial charge in [-0.15, -0.1) is 0 Å². The number of rotatable bonds is 6. The molecule has 0 heterocycles. The second kappa shape index (κ2) is 8.58. The van der Waals surface area contributed by atoms with E-state index >= 15 is 0 Å². The molecule has 2 amide bonds. The van der Waals surface area contributed by atoms with Crippen molar-refractivity contribution < 1.29 is 4.79 Å². The topological polar surface area (TPSA) is 41.1 Å². The summed E-state index contributed by atoms with van der Waals surface area (Å²) < 4.78 is 0. The van der Waals surface area contributed by atoms with Crippen molar-refractivity contribution in [2.75, 3.05) is 5.32 Å². The van der Waals surface area contributed by atoms with Crippen molar-refractivity contribution in [2.45, 2.75) is 57.4 Å². The molecule has 160 valence electrons. The highest BCUT2D eigenvalue weighted by Gasteiger charge is 2.57. The minimum Gasteiger partial charge on any atom is -0.334 e. The van der Waals surface area contributed by atoms with Crippen LogP contribution in [0.2, 0.25) is 0 Å². The van der Waals surface area contributed by atoms with Crippen molar-refractivity contribution in [3.63, 3.8) is 0 Å². The molecule has 0 spiro atoms. The fourth-order valence-electron chi connectivity index (χ4n) is 4.72. The van der Waals surface area contributed by atoms with Gasteiger partial charge in [0.25, 0.3) is 0 Å².